The first-order valence-corrected chi connectivity index (χ1v) is 3.86. The molecule has 1 aromatic rings. The predicted octanol–water partition coefficient (Wildman–Crippen LogP) is 2.05. The Morgan fingerprint density at radius 3 is 2.36 bits per heavy atom. The molecule has 0 fully saturated rings. The summed E-state index contributed by atoms with van der Waals surface area (Å²) in [5.74, 6) is 1.05. The maximum Gasteiger partial charge on any atom is 0.160 e. The van der Waals surface area contributed by atoms with Gasteiger partial charge in [0.25, 0.3) is 0 Å². The Balaban J connectivity index is 2.78. The molecule has 0 radical (unpaired) electrons. The van der Waals surface area contributed by atoms with Crippen LogP contribution in [0.1, 0.15) is 18.7 Å². The highest BCUT2D eigenvalue weighted by molar-refractivity contribution is 5.00. The zero-order chi connectivity index (χ0) is 8.48. The first-order valence-electron chi connectivity index (χ1n) is 3.86. The summed E-state index contributed by atoms with van der Waals surface area (Å²) in [6.07, 6.45) is 1.72. The lowest BCUT2D eigenvalue weighted by molar-refractivity contribution is -0.901. The molecule has 0 saturated heterocycles. The van der Waals surface area contributed by atoms with Crippen molar-refractivity contribution >= 4 is 0 Å². The van der Waals surface area contributed by atoms with Crippen LogP contribution in [0, 0.1) is 0 Å². The van der Waals surface area contributed by atoms with E-state index < -0.39 is 0 Å². The molecule has 0 aromatic carbocycles. The van der Waals surface area contributed by atoms with Gasteiger partial charge in [-0.05, 0) is 19.1 Å². The molecule has 0 aliphatic rings. The standard InChI is InChI=1S/C9H16NO/c1-8(10(2,3)4)9-6-5-7-11-9/h5-8H,1-4H3/q+1. The van der Waals surface area contributed by atoms with Gasteiger partial charge in [0.1, 0.15) is 6.04 Å². The molecule has 0 aliphatic carbocycles. The van der Waals surface area contributed by atoms with Crippen LogP contribution in [0.25, 0.3) is 0 Å². The van der Waals surface area contributed by atoms with Crippen LogP contribution in [0.3, 0.4) is 0 Å². The number of hydrogen-bond acceptors (Lipinski definition) is 1. The summed E-state index contributed by atoms with van der Waals surface area (Å²) in [6, 6.07) is 4.38. The van der Waals surface area contributed by atoms with Gasteiger partial charge in [0, 0.05) is 0 Å². The molecular formula is C9H16NO+. The normalized spacial score (nSPS) is 14.9. The summed E-state index contributed by atoms with van der Waals surface area (Å²) in [6.45, 7) is 2.17. The van der Waals surface area contributed by atoms with Crippen LogP contribution in [0.5, 0.6) is 0 Å². The van der Waals surface area contributed by atoms with E-state index in [1.165, 1.54) is 0 Å². The highest BCUT2D eigenvalue weighted by Crippen LogP contribution is 2.21. The Bertz CT molecular complexity index is 208. The molecular weight excluding hydrogens is 138 g/mol. The maximum atomic E-state index is 5.31. The van der Waals surface area contributed by atoms with Gasteiger partial charge in [-0.3, -0.25) is 0 Å². The number of hydrogen-bond donors (Lipinski definition) is 0. The van der Waals surface area contributed by atoms with Gasteiger partial charge < -0.3 is 8.90 Å². The van der Waals surface area contributed by atoms with Crippen molar-refractivity contribution in [2.45, 2.75) is 13.0 Å². The lowest BCUT2D eigenvalue weighted by Gasteiger charge is -2.29. The minimum atomic E-state index is 0.421. The quantitative estimate of drug-likeness (QED) is 0.594. The molecule has 0 saturated carbocycles. The number of quaternary nitrogens is 1. The minimum Gasteiger partial charge on any atom is -0.463 e. The fraction of sp³-hybridized carbons (Fsp3) is 0.556. The second-order valence-electron chi connectivity index (χ2n) is 3.81. The molecule has 0 aliphatic heterocycles. The van der Waals surface area contributed by atoms with E-state index in [9.17, 15) is 0 Å². The molecule has 0 spiro atoms. The van der Waals surface area contributed by atoms with Crippen molar-refractivity contribution in [2.24, 2.45) is 0 Å². The molecule has 1 atom stereocenters. The van der Waals surface area contributed by atoms with Gasteiger partial charge in [0.2, 0.25) is 0 Å². The van der Waals surface area contributed by atoms with Gasteiger partial charge in [-0.1, -0.05) is 0 Å². The van der Waals surface area contributed by atoms with E-state index in [0.29, 0.717) is 6.04 Å². The lowest BCUT2D eigenvalue weighted by atomic mass is 10.2. The van der Waals surface area contributed by atoms with Crippen molar-refractivity contribution in [3.05, 3.63) is 24.2 Å². The zero-order valence-electron chi connectivity index (χ0n) is 7.66. The van der Waals surface area contributed by atoms with Crippen molar-refractivity contribution in [3.8, 4) is 0 Å². The average Bonchev–Trinajstić information content (AvgIpc) is 2.34. The molecule has 0 amide bonds. The third-order valence-corrected chi connectivity index (χ3v) is 2.12. The van der Waals surface area contributed by atoms with Crippen molar-refractivity contribution in [2.75, 3.05) is 21.1 Å². The second-order valence-corrected chi connectivity index (χ2v) is 3.81. The lowest BCUT2D eigenvalue weighted by Crippen LogP contribution is -2.36. The minimum absolute atomic E-state index is 0.421. The first-order chi connectivity index (χ1) is 5.02. The van der Waals surface area contributed by atoms with Crippen LogP contribution >= 0.6 is 0 Å². The molecule has 2 heteroatoms. The molecule has 0 N–H and O–H groups in total. The Morgan fingerprint density at radius 1 is 1.36 bits per heavy atom. The number of rotatable bonds is 2. The van der Waals surface area contributed by atoms with Crippen LogP contribution in [0.4, 0.5) is 0 Å². The third kappa shape index (κ3) is 1.84. The van der Waals surface area contributed by atoms with Crippen molar-refractivity contribution in [3.63, 3.8) is 0 Å². The average molecular weight is 154 g/mol. The zero-order valence-corrected chi connectivity index (χ0v) is 7.66. The van der Waals surface area contributed by atoms with E-state index in [1.807, 2.05) is 12.1 Å². The van der Waals surface area contributed by atoms with Gasteiger partial charge in [-0.15, -0.1) is 0 Å². The van der Waals surface area contributed by atoms with E-state index in [1.54, 1.807) is 6.26 Å². The number of nitrogens with zero attached hydrogens (tertiary/aromatic N) is 1. The third-order valence-electron chi connectivity index (χ3n) is 2.12. The largest absolute Gasteiger partial charge is 0.463 e. The fourth-order valence-electron chi connectivity index (χ4n) is 0.911. The summed E-state index contributed by atoms with van der Waals surface area (Å²) >= 11 is 0. The van der Waals surface area contributed by atoms with E-state index in [-0.39, 0.29) is 0 Å². The number of furan rings is 1. The topological polar surface area (TPSA) is 13.1 Å². The Kier molecular flexibility index (Phi) is 2.05. The first kappa shape index (κ1) is 8.34. The molecule has 1 rings (SSSR count). The van der Waals surface area contributed by atoms with E-state index in [4.69, 9.17) is 4.42 Å². The van der Waals surface area contributed by atoms with Crippen molar-refractivity contribution in [1.82, 2.24) is 0 Å². The molecule has 1 unspecified atom stereocenters. The summed E-state index contributed by atoms with van der Waals surface area (Å²) in [4.78, 5) is 0. The Morgan fingerprint density at radius 2 is 2.00 bits per heavy atom. The molecule has 1 aromatic heterocycles. The summed E-state index contributed by atoms with van der Waals surface area (Å²) in [5.41, 5.74) is 0. The molecule has 62 valence electrons. The van der Waals surface area contributed by atoms with Crippen LogP contribution in [-0.2, 0) is 0 Å². The smallest absolute Gasteiger partial charge is 0.160 e. The fourth-order valence-corrected chi connectivity index (χ4v) is 0.911. The van der Waals surface area contributed by atoms with Crippen LogP contribution in [0.15, 0.2) is 22.8 Å². The monoisotopic (exact) mass is 154 g/mol. The van der Waals surface area contributed by atoms with Crippen LogP contribution < -0.4 is 0 Å². The van der Waals surface area contributed by atoms with Crippen molar-refractivity contribution in [1.29, 1.82) is 0 Å². The van der Waals surface area contributed by atoms with Gasteiger partial charge in [-0.2, -0.15) is 0 Å². The summed E-state index contributed by atoms with van der Waals surface area (Å²) < 4.78 is 6.20. The summed E-state index contributed by atoms with van der Waals surface area (Å²) in [5, 5.41) is 0. The van der Waals surface area contributed by atoms with Gasteiger partial charge in [0.15, 0.2) is 5.76 Å². The van der Waals surface area contributed by atoms with Gasteiger partial charge >= 0.3 is 0 Å². The highest BCUT2D eigenvalue weighted by atomic mass is 16.3. The van der Waals surface area contributed by atoms with Gasteiger partial charge in [0.05, 0.1) is 27.4 Å². The predicted molar refractivity (Wildman–Crippen MR) is 45.2 cm³/mol. The summed E-state index contributed by atoms with van der Waals surface area (Å²) in [7, 11) is 6.48. The van der Waals surface area contributed by atoms with Crippen LogP contribution in [0.2, 0.25) is 0 Å². The highest BCUT2D eigenvalue weighted by Gasteiger charge is 2.22. The van der Waals surface area contributed by atoms with E-state index in [0.717, 1.165) is 10.2 Å². The maximum absolute atomic E-state index is 5.31. The molecule has 0 bridgehead atoms. The molecule has 2 nitrogen and oxygen atoms in total. The van der Waals surface area contributed by atoms with Crippen molar-refractivity contribution < 1.29 is 8.90 Å². The van der Waals surface area contributed by atoms with E-state index >= 15 is 0 Å². The molecule has 11 heavy (non-hydrogen) atoms. The van der Waals surface area contributed by atoms with E-state index in [2.05, 4.69) is 28.1 Å². The Hall–Kier alpha value is -0.760. The molecule has 1 heterocycles. The van der Waals surface area contributed by atoms with Gasteiger partial charge in [-0.25, -0.2) is 0 Å². The van der Waals surface area contributed by atoms with Crippen LogP contribution in [-0.4, -0.2) is 25.6 Å². The Labute approximate surface area is 68.0 Å². The second kappa shape index (κ2) is 2.70. The SMILES string of the molecule is CC(c1ccco1)[N+](C)(C)C.